The van der Waals surface area contributed by atoms with Gasteiger partial charge in [0.05, 0.1) is 25.1 Å². The van der Waals surface area contributed by atoms with E-state index in [0.717, 1.165) is 32.0 Å². The predicted octanol–water partition coefficient (Wildman–Crippen LogP) is 1.09. The molecule has 11 heavy (non-hydrogen) atoms. The van der Waals surface area contributed by atoms with Crippen LogP contribution >= 0.6 is 0 Å². The smallest absolute Gasteiger partial charge is 0.0958 e. The average Bonchev–Trinajstić information content (AvgIpc) is 2.04. The molecule has 1 unspecified atom stereocenters. The Bertz CT molecular complexity index is 147. The first-order valence-corrected chi connectivity index (χ1v) is 4.17. The Labute approximate surface area is 67.8 Å². The Morgan fingerprint density at radius 1 is 1.73 bits per heavy atom. The van der Waals surface area contributed by atoms with Crippen molar-refractivity contribution in [2.24, 2.45) is 0 Å². The lowest BCUT2D eigenvalue weighted by atomic mass is 10.2. The number of hydrogen-bond donors (Lipinski definition) is 1. The molecule has 0 aliphatic carbocycles. The highest BCUT2D eigenvalue weighted by molar-refractivity contribution is 5.79. The zero-order chi connectivity index (χ0) is 8.27. The van der Waals surface area contributed by atoms with Crippen molar-refractivity contribution in [1.82, 2.24) is 4.90 Å². The van der Waals surface area contributed by atoms with Crippen LogP contribution in [-0.4, -0.2) is 36.5 Å². The number of ether oxygens (including phenoxy) is 1. The van der Waals surface area contributed by atoms with Crippen LogP contribution < -0.4 is 0 Å². The zero-order valence-corrected chi connectivity index (χ0v) is 7.26. The molecule has 1 atom stereocenters. The Balaban J connectivity index is 2.47. The SMILES string of the molecule is CCC(=N)N1CCOCC1C. The molecule has 1 fully saturated rings. The van der Waals surface area contributed by atoms with E-state index in [1.165, 1.54) is 0 Å². The van der Waals surface area contributed by atoms with Gasteiger partial charge in [-0.1, -0.05) is 6.92 Å². The van der Waals surface area contributed by atoms with Crippen LogP contribution in [0.3, 0.4) is 0 Å². The first-order valence-electron chi connectivity index (χ1n) is 4.17. The summed E-state index contributed by atoms with van der Waals surface area (Å²) in [7, 11) is 0. The van der Waals surface area contributed by atoms with Crippen molar-refractivity contribution in [2.45, 2.75) is 26.3 Å². The fourth-order valence-electron chi connectivity index (χ4n) is 1.33. The minimum atomic E-state index is 0.385. The molecular formula is C8H16N2O. The van der Waals surface area contributed by atoms with Crippen molar-refractivity contribution < 1.29 is 4.74 Å². The van der Waals surface area contributed by atoms with Gasteiger partial charge in [-0.2, -0.15) is 0 Å². The molecule has 0 amide bonds. The third-order valence-electron chi connectivity index (χ3n) is 2.05. The van der Waals surface area contributed by atoms with E-state index in [1.54, 1.807) is 0 Å². The maximum atomic E-state index is 7.63. The van der Waals surface area contributed by atoms with Gasteiger partial charge in [-0.3, -0.25) is 5.41 Å². The highest BCUT2D eigenvalue weighted by Crippen LogP contribution is 2.07. The molecule has 3 nitrogen and oxygen atoms in total. The van der Waals surface area contributed by atoms with Gasteiger partial charge in [0.2, 0.25) is 0 Å². The molecule has 0 aromatic rings. The van der Waals surface area contributed by atoms with E-state index in [2.05, 4.69) is 11.8 Å². The van der Waals surface area contributed by atoms with E-state index < -0.39 is 0 Å². The molecule has 1 aliphatic rings. The Hall–Kier alpha value is -0.570. The molecular weight excluding hydrogens is 140 g/mol. The average molecular weight is 156 g/mol. The molecule has 1 saturated heterocycles. The molecule has 1 heterocycles. The number of nitrogens with zero attached hydrogens (tertiary/aromatic N) is 1. The molecule has 1 aliphatic heterocycles. The van der Waals surface area contributed by atoms with Crippen LogP contribution in [0.15, 0.2) is 0 Å². The summed E-state index contributed by atoms with van der Waals surface area (Å²) in [4.78, 5) is 2.11. The lowest BCUT2D eigenvalue weighted by molar-refractivity contribution is 0.0320. The van der Waals surface area contributed by atoms with E-state index >= 15 is 0 Å². The minimum absolute atomic E-state index is 0.385. The third kappa shape index (κ3) is 1.93. The zero-order valence-electron chi connectivity index (χ0n) is 7.26. The highest BCUT2D eigenvalue weighted by atomic mass is 16.5. The summed E-state index contributed by atoms with van der Waals surface area (Å²) in [6, 6.07) is 0.385. The number of hydrogen-bond acceptors (Lipinski definition) is 2. The number of rotatable bonds is 1. The molecule has 0 aromatic heterocycles. The van der Waals surface area contributed by atoms with E-state index in [-0.39, 0.29) is 0 Å². The van der Waals surface area contributed by atoms with Crippen LogP contribution in [0.1, 0.15) is 20.3 Å². The van der Waals surface area contributed by atoms with Crippen LogP contribution in [0.4, 0.5) is 0 Å². The van der Waals surface area contributed by atoms with Crippen molar-refractivity contribution in [3.05, 3.63) is 0 Å². The third-order valence-corrected chi connectivity index (χ3v) is 2.05. The first kappa shape index (κ1) is 8.53. The minimum Gasteiger partial charge on any atom is -0.377 e. The van der Waals surface area contributed by atoms with Crippen molar-refractivity contribution >= 4 is 5.84 Å². The van der Waals surface area contributed by atoms with E-state index in [4.69, 9.17) is 10.1 Å². The standard InChI is InChI=1S/C8H16N2O/c1-3-8(9)10-4-5-11-6-7(10)2/h7,9H,3-6H2,1-2H3. The van der Waals surface area contributed by atoms with Gasteiger partial charge in [-0.25, -0.2) is 0 Å². The van der Waals surface area contributed by atoms with Gasteiger partial charge in [0.25, 0.3) is 0 Å². The Kier molecular flexibility index (Phi) is 2.88. The molecule has 0 saturated carbocycles. The van der Waals surface area contributed by atoms with Gasteiger partial charge in [-0.05, 0) is 6.92 Å². The summed E-state index contributed by atoms with van der Waals surface area (Å²) >= 11 is 0. The molecule has 1 rings (SSSR count). The lowest BCUT2D eigenvalue weighted by Gasteiger charge is -2.34. The van der Waals surface area contributed by atoms with Crippen molar-refractivity contribution in [3.8, 4) is 0 Å². The van der Waals surface area contributed by atoms with Crippen LogP contribution in [0.5, 0.6) is 0 Å². The summed E-state index contributed by atoms with van der Waals surface area (Å²) in [5, 5.41) is 7.63. The van der Waals surface area contributed by atoms with E-state index in [0.29, 0.717) is 6.04 Å². The second-order valence-corrected chi connectivity index (χ2v) is 2.92. The van der Waals surface area contributed by atoms with Crippen LogP contribution in [-0.2, 0) is 4.74 Å². The van der Waals surface area contributed by atoms with Gasteiger partial charge < -0.3 is 9.64 Å². The largest absolute Gasteiger partial charge is 0.377 e. The number of amidine groups is 1. The maximum absolute atomic E-state index is 7.63. The lowest BCUT2D eigenvalue weighted by Crippen LogP contribution is -2.46. The summed E-state index contributed by atoms with van der Waals surface area (Å²) in [5.74, 6) is 0.737. The second-order valence-electron chi connectivity index (χ2n) is 2.92. The predicted molar refractivity (Wildman–Crippen MR) is 45.0 cm³/mol. The highest BCUT2D eigenvalue weighted by Gasteiger charge is 2.19. The second kappa shape index (κ2) is 3.72. The van der Waals surface area contributed by atoms with Crippen molar-refractivity contribution in [2.75, 3.05) is 19.8 Å². The van der Waals surface area contributed by atoms with Crippen LogP contribution in [0.25, 0.3) is 0 Å². The number of morpholine rings is 1. The summed E-state index contributed by atoms with van der Waals surface area (Å²) < 4.78 is 5.27. The van der Waals surface area contributed by atoms with Crippen LogP contribution in [0, 0.1) is 5.41 Å². The maximum Gasteiger partial charge on any atom is 0.0958 e. The molecule has 0 aromatic carbocycles. The van der Waals surface area contributed by atoms with Gasteiger partial charge in [-0.15, -0.1) is 0 Å². The molecule has 0 bridgehead atoms. The van der Waals surface area contributed by atoms with Gasteiger partial charge >= 0.3 is 0 Å². The fourth-order valence-corrected chi connectivity index (χ4v) is 1.33. The first-order chi connectivity index (χ1) is 5.25. The van der Waals surface area contributed by atoms with E-state index in [1.807, 2.05) is 6.92 Å². The molecule has 0 radical (unpaired) electrons. The van der Waals surface area contributed by atoms with Crippen molar-refractivity contribution in [1.29, 1.82) is 5.41 Å². The topological polar surface area (TPSA) is 36.3 Å². The quantitative estimate of drug-likeness (QED) is 0.456. The van der Waals surface area contributed by atoms with Gasteiger partial charge in [0.15, 0.2) is 0 Å². The van der Waals surface area contributed by atoms with Crippen LogP contribution in [0.2, 0.25) is 0 Å². The number of nitrogens with one attached hydrogen (secondary N) is 1. The van der Waals surface area contributed by atoms with Gasteiger partial charge in [0.1, 0.15) is 0 Å². The summed E-state index contributed by atoms with van der Waals surface area (Å²) in [6.45, 7) is 6.54. The normalized spacial score (nSPS) is 25.3. The van der Waals surface area contributed by atoms with Gasteiger partial charge in [0, 0.05) is 13.0 Å². The monoisotopic (exact) mass is 156 g/mol. The Morgan fingerprint density at radius 2 is 2.45 bits per heavy atom. The Morgan fingerprint density at radius 3 is 3.00 bits per heavy atom. The fraction of sp³-hybridized carbons (Fsp3) is 0.875. The summed E-state index contributed by atoms with van der Waals surface area (Å²) in [5.41, 5.74) is 0. The van der Waals surface area contributed by atoms with Crippen molar-refractivity contribution in [3.63, 3.8) is 0 Å². The molecule has 3 heteroatoms. The molecule has 64 valence electrons. The summed E-state index contributed by atoms with van der Waals surface area (Å²) in [6.07, 6.45) is 0.824. The molecule has 1 N–H and O–H groups in total. The van der Waals surface area contributed by atoms with E-state index in [9.17, 15) is 0 Å². The molecule has 0 spiro atoms.